The molecule has 33 heavy (non-hydrogen) atoms. The molecule has 0 radical (unpaired) electrons. The Kier molecular flexibility index (Phi) is 7.96. The van der Waals surface area contributed by atoms with Crippen molar-refractivity contribution in [2.75, 3.05) is 20.2 Å². The fourth-order valence-electron chi connectivity index (χ4n) is 4.77. The SMILES string of the molecule is COc1ccc(-c2noc(CCCC(=O)NC3CCN(C(=O)C4CCCCC4)CC3)n2)cc1. The first-order valence-electron chi connectivity index (χ1n) is 12.2. The molecule has 8 heteroatoms. The largest absolute Gasteiger partial charge is 0.497 e. The summed E-state index contributed by atoms with van der Waals surface area (Å²) >= 11 is 0. The summed E-state index contributed by atoms with van der Waals surface area (Å²) < 4.78 is 10.5. The van der Waals surface area contributed by atoms with E-state index in [9.17, 15) is 9.59 Å². The van der Waals surface area contributed by atoms with Gasteiger partial charge in [0, 0.05) is 43.5 Å². The maximum atomic E-state index is 12.7. The van der Waals surface area contributed by atoms with Gasteiger partial charge < -0.3 is 19.5 Å². The van der Waals surface area contributed by atoms with Gasteiger partial charge in [-0.25, -0.2) is 0 Å². The zero-order valence-electron chi connectivity index (χ0n) is 19.4. The van der Waals surface area contributed by atoms with Gasteiger partial charge in [-0.15, -0.1) is 0 Å². The molecule has 8 nitrogen and oxygen atoms in total. The van der Waals surface area contributed by atoms with Crippen LogP contribution in [0.1, 0.15) is 63.7 Å². The Hall–Kier alpha value is -2.90. The summed E-state index contributed by atoms with van der Waals surface area (Å²) in [7, 11) is 1.62. The van der Waals surface area contributed by atoms with Gasteiger partial charge in [0.25, 0.3) is 0 Å². The Bertz CT molecular complexity index is 913. The molecule has 2 amide bonds. The monoisotopic (exact) mass is 454 g/mol. The van der Waals surface area contributed by atoms with Crippen molar-refractivity contribution in [2.24, 2.45) is 5.92 Å². The molecule has 1 N–H and O–H groups in total. The Morgan fingerprint density at radius 1 is 1.09 bits per heavy atom. The van der Waals surface area contributed by atoms with Crippen molar-refractivity contribution in [3.63, 3.8) is 0 Å². The maximum Gasteiger partial charge on any atom is 0.226 e. The molecule has 0 atom stereocenters. The molecule has 1 aliphatic carbocycles. The molecule has 0 spiro atoms. The minimum Gasteiger partial charge on any atom is -0.497 e. The van der Waals surface area contributed by atoms with Crippen molar-refractivity contribution >= 4 is 11.8 Å². The Morgan fingerprint density at radius 2 is 1.82 bits per heavy atom. The van der Waals surface area contributed by atoms with Crippen LogP contribution in [0.5, 0.6) is 5.75 Å². The van der Waals surface area contributed by atoms with E-state index in [4.69, 9.17) is 9.26 Å². The Balaban J connectivity index is 1.15. The molecule has 0 bridgehead atoms. The molecule has 2 aromatic rings. The lowest BCUT2D eigenvalue weighted by atomic mass is 9.87. The van der Waals surface area contributed by atoms with Crippen molar-refractivity contribution in [1.82, 2.24) is 20.4 Å². The molecule has 1 aliphatic heterocycles. The summed E-state index contributed by atoms with van der Waals surface area (Å²) in [5, 5.41) is 7.16. The first-order chi connectivity index (χ1) is 16.1. The van der Waals surface area contributed by atoms with Crippen molar-refractivity contribution in [3.05, 3.63) is 30.2 Å². The number of nitrogens with one attached hydrogen (secondary N) is 1. The number of hydrogen-bond acceptors (Lipinski definition) is 6. The lowest BCUT2D eigenvalue weighted by Crippen LogP contribution is -2.48. The van der Waals surface area contributed by atoms with E-state index in [2.05, 4.69) is 15.5 Å². The number of nitrogens with zero attached hydrogens (tertiary/aromatic N) is 3. The highest BCUT2D eigenvalue weighted by Gasteiger charge is 2.29. The average molecular weight is 455 g/mol. The minimum atomic E-state index is 0.0435. The minimum absolute atomic E-state index is 0.0435. The molecule has 178 valence electrons. The number of carbonyl (C=O) groups excluding carboxylic acids is 2. The number of ether oxygens (including phenoxy) is 1. The van der Waals surface area contributed by atoms with Crippen LogP contribution in [0.15, 0.2) is 28.8 Å². The number of carbonyl (C=O) groups is 2. The van der Waals surface area contributed by atoms with E-state index in [1.54, 1.807) is 7.11 Å². The molecule has 2 fully saturated rings. The number of methoxy groups -OCH3 is 1. The van der Waals surface area contributed by atoms with Gasteiger partial charge in [-0.3, -0.25) is 9.59 Å². The first-order valence-corrected chi connectivity index (χ1v) is 12.2. The van der Waals surface area contributed by atoms with E-state index in [0.29, 0.717) is 36.9 Å². The van der Waals surface area contributed by atoms with Gasteiger partial charge in [0.2, 0.25) is 23.5 Å². The van der Waals surface area contributed by atoms with Crippen molar-refractivity contribution in [3.8, 4) is 17.1 Å². The number of likely N-dealkylation sites (tertiary alicyclic amines) is 1. The van der Waals surface area contributed by atoms with Crippen LogP contribution in [0.25, 0.3) is 11.4 Å². The highest BCUT2D eigenvalue weighted by molar-refractivity contribution is 5.79. The third-order valence-electron chi connectivity index (χ3n) is 6.74. The maximum absolute atomic E-state index is 12.7. The Labute approximate surface area is 195 Å². The molecule has 1 aromatic carbocycles. The molecular weight excluding hydrogens is 420 g/mol. The van der Waals surface area contributed by atoms with Gasteiger partial charge in [-0.2, -0.15) is 4.98 Å². The van der Waals surface area contributed by atoms with E-state index in [1.165, 1.54) is 19.3 Å². The topological polar surface area (TPSA) is 97.6 Å². The van der Waals surface area contributed by atoms with Crippen LogP contribution in [0, 0.1) is 5.92 Å². The van der Waals surface area contributed by atoms with Crippen LogP contribution in [-0.2, 0) is 16.0 Å². The van der Waals surface area contributed by atoms with Gasteiger partial charge in [0.15, 0.2) is 0 Å². The summed E-state index contributed by atoms with van der Waals surface area (Å²) in [6.45, 7) is 1.49. The smallest absolute Gasteiger partial charge is 0.226 e. The molecule has 1 saturated carbocycles. The van der Waals surface area contributed by atoms with Crippen LogP contribution in [0.4, 0.5) is 0 Å². The van der Waals surface area contributed by atoms with E-state index >= 15 is 0 Å². The first kappa shape index (κ1) is 23.3. The molecule has 1 saturated heterocycles. The van der Waals surface area contributed by atoms with Crippen LogP contribution in [0.3, 0.4) is 0 Å². The number of aromatic nitrogens is 2. The zero-order valence-corrected chi connectivity index (χ0v) is 19.4. The van der Waals surface area contributed by atoms with Crippen LogP contribution < -0.4 is 10.1 Å². The second-order valence-corrected chi connectivity index (χ2v) is 9.10. The van der Waals surface area contributed by atoms with Gasteiger partial charge in [0.05, 0.1) is 7.11 Å². The number of aryl methyl sites for hydroxylation is 1. The predicted molar refractivity (Wildman–Crippen MR) is 124 cm³/mol. The number of amides is 2. The van der Waals surface area contributed by atoms with Gasteiger partial charge in [-0.05, 0) is 56.4 Å². The summed E-state index contributed by atoms with van der Waals surface area (Å²) in [4.78, 5) is 31.5. The molecule has 2 heterocycles. The number of rotatable bonds is 8. The van der Waals surface area contributed by atoms with Crippen molar-refractivity contribution in [2.45, 2.75) is 70.3 Å². The average Bonchev–Trinajstić information content (AvgIpc) is 3.33. The van der Waals surface area contributed by atoms with Gasteiger partial charge >= 0.3 is 0 Å². The van der Waals surface area contributed by atoms with Crippen LogP contribution in [0.2, 0.25) is 0 Å². The Morgan fingerprint density at radius 3 is 2.52 bits per heavy atom. The van der Waals surface area contributed by atoms with E-state index < -0.39 is 0 Å². The van der Waals surface area contributed by atoms with Gasteiger partial charge in [-0.1, -0.05) is 24.4 Å². The highest BCUT2D eigenvalue weighted by Crippen LogP contribution is 2.26. The van der Waals surface area contributed by atoms with E-state index in [-0.39, 0.29) is 17.9 Å². The normalized spacial score (nSPS) is 17.7. The summed E-state index contributed by atoms with van der Waals surface area (Å²) in [6.07, 6.45) is 8.98. The summed E-state index contributed by atoms with van der Waals surface area (Å²) in [5.74, 6) is 2.43. The van der Waals surface area contributed by atoms with E-state index in [0.717, 1.165) is 50.1 Å². The zero-order chi connectivity index (χ0) is 23.0. The fraction of sp³-hybridized carbons (Fsp3) is 0.600. The quantitative estimate of drug-likeness (QED) is 0.652. The van der Waals surface area contributed by atoms with Gasteiger partial charge in [0.1, 0.15) is 5.75 Å². The highest BCUT2D eigenvalue weighted by atomic mass is 16.5. The third kappa shape index (κ3) is 6.33. The van der Waals surface area contributed by atoms with Crippen LogP contribution >= 0.6 is 0 Å². The van der Waals surface area contributed by atoms with Crippen molar-refractivity contribution in [1.29, 1.82) is 0 Å². The lowest BCUT2D eigenvalue weighted by molar-refractivity contribution is -0.137. The number of piperidine rings is 1. The lowest BCUT2D eigenvalue weighted by Gasteiger charge is -2.35. The molecule has 0 unspecified atom stereocenters. The second-order valence-electron chi connectivity index (χ2n) is 9.10. The molecule has 1 aromatic heterocycles. The third-order valence-corrected chi connectivity index (χ3v) is 6.74. The van der Waals surface area contributed by atoms with Crippen molar-refractivity contribution < 1.29 is 18.8 Å². The second kappa shape index (κ2) is 11.3. The fourth-order valence-corrected chi connectivity index (χ4v) is 4.77. The number of benzene rings is 1. The molecule has 2 aliphatic rings. The van der Waals surface area contributed by atoms with E-state index in [1.807, 2.05) is 29.2 Å². The van der Waals surface area contributed by atoms with Crippen LogP contribution in [-0.4, -0.2) is 53.1 Å². The summed E-state index contributed by atoms with van der Waals surface area (Å²) in [6, 6.07) is 7.63. The molecule has 4 rings (SSSR count). The predicted octanol–water partition coefficient (Wildman–Crippen LogP) is 3.76. The summed E-state index contributed by atoms with van der Waals surface area (Å²) in [5.41, 5.74) is 0.858. The number of hydrogen-bond donors (Lipinski definition) is 1. The molecular formula is C25H34N4O4. The standard InChI is InChI=1S/C25H34N4O4/c1-32-21-12-10-18(11-13-21)24-27-23(33-28-24)9-5-8-22(30)26-20-14-16-29(17-15-20)25(31)19-6-3-2-4-7-19/h10-13,19-20H,2-9,14-17H2,1H3,(H,26,30).